The zero-order chi connectivity index (χ0) is 9.42. The highest BCUT2D eigenvalue weighted by Gasteiger charge is 2.44. The molecule has 0 amide bonds. The highest BCUT2D eigenvalue weighted by Crippen LogP contribution is 2.49. The molecule has 1 aliphatic rings. The van der Waals surface area contributed by atoms with Crippen molar-refractivity contribution in [2.24, 2.45) is 5.92 Å². The molecular weight excluding hydrogens is 184 g/mol. The summed E-state index contributed by atoms with van der Waals surface area (Å²) in [6.07, 6.45) is 0.757. The molecule has 0 heterocycles. The zero-order valence-electron chi connectivity index (χ0n) is 6.97. The highest BCUT2D eigenvalue weighted by atomic mass is 32.1. The largest absolute Gasteiger partial charge is 0.481 e. The molecule has 0 radical (unpaired) electrons. The molecule has 1 saturated carbocycles. The Hall–Kier alpha value is -0.960. The van der Waals surface area contributed by atoms with E-state index in [-0.39, 0.29) is 11.8 Å². The van der Waals surface area contributed by atoms with E-state index in [1.807, 2.05) is 24.3 Å². The highest BCUT2D eigenvalue weighted by molar-refractivity contribution is 7.80. The van der Waals surface area contributed by atoms with Gasteiger partial charge in [0, 0.05) is 4.90 Å². The van der Waals surface area contributed by atoms with Crippen LogP contribution in [0.5, 0.6) is 0 Å². The quantitative estimate of drug-likeness (QED) is 0.708. The Bertz CT molecular complexity index is 349. The molecule has 3 heteroatoms. The number of carboxylic acid groups (broad SMARTS) is 1. The molecule has 68 valence electrons. The third kappa shape index (κ3) is 1.56. The first-order chi connectivity index (χ1) is 6.20. The summed E-state index contributed by atoms with van der Waals surface area (Å²) >= 11 is 4.29. The van der Waals surface area contributed by atoms with E-state index < -0.39 is 5.97 Å². The van der Waals surface area contributed by atoms with Crippen molar-refractivity contribution in [1.82, 2.24) is 0 Å². The number of benzene rings is 1. The maximum absolute atomic E-state index is 10.6. The Labute approximate surface area is 82.0 Å². The van der Waals surface area contributed by atoms with Crippen molar-refractivity contribution >= 4 is 18.6 Å². The summed E-state index contributed by atoms with van der Waals surface area (Å²) in [5, 5.41) is 8.75. The minimum atomic E-state index is -0.693. The van der Waals surface area contributed by atoms with Crippen LogP contribution in [0.25, 0.3) is 0 Å². The van der Waals surface area contributed by atoms with Crippen molar-refractivity contribution in [1.29, 1.82) is 0 Å². The van der Waals surface area contributed by atoms with Crippen molar-refractivity contribution in [3.63, 3.8) is 0 Å². The second-order valence-electron chi connectivity index (χ2n) is 3.35. The molecule has 2 nitrogen and oxygen atoms in total. The first kappa shape index (κ1) is 8.63. The number of rotatable bonds is 2. The summed E-state index contributed by atoms with van der Waals surface area (Å²) < 4.78 is 0. The lowest BCUT2D eigenvalue weighted by Crippen LogP contribution is -1.99. The summed E-state index contributed by atoms with van der Waals surface area (Å²) in [5.41, 5.74) is 1.07. The molecule has 0 aliphatic heterocycles. The SMILES string of the molecule is O=C(O)C1CC1c1ccccc1S. The van der Waals surface area contributed by atoms with E-state index in [2.05, 4.69) is 12.6 Å². The molecule has 1 aromatic rings. The van der Waals surface area contributed by atoms with Crippen LogP contribution in [0.3, 0.4) is 0 Å². The van der Waals surface area contributed by atoms with Gasteiger partial charge < -0.3 is 5.11 Å². The number of hydrogen-bond acceptors (Lipinski definition) is 2. The van der Waals surface area contributed by atoms with Crippen LogP contribution in [0, 0.1) is 5.92 Å². The van der Waals surface area contributed by atoms with Crippen molar-refractivity contribution in [2.75, 3.05) is 0 Å². The monoisotopic (exact) mass is 194 g/mol. The van der Waals surface area contributed by atoms with Crippen LogP contribution in [-0.4, -0.2) is 11.1 Å². The van der Waals surface area contributed by atoms with E-state index in [0.717, 1.165) is 16.9 Å². The fourth-order valence-corrected chi connectivity index (χ4v) is 1.94. The lowest BCUT2D eigenvalue weighted by molar-refractivity contribution is -0.138. The Morgan fingerprint density at radius 3 is 2.69 bits per heavy atom. The molecule has 0 aromatic heterocycles. The molecule has 2 rings (SSSR count). The van der Waals surface area contributed by atoms with Gasteiger partial charge in [-0.1, -0.05) is 18.2 Å². The average molecular weight is 194 g/mol. The van der Waals surface area contributed by atoms with E-state index >= 15 is 0 Å². The lowest BCUT2D eigenvalue weighted by atomic mass is 10.1. The molecule has 1 N–H and O–H groups in total. The topological polar surface area (TPSA) is 37.3 Å². The van der Waals surface area contributed by atoms with Gasteiger partial charge >= 0.3 is 5.97 Å². The van der Waals surface area contributed by atoms with Gasteiger partial charge in [0.2, 0.25) is 0 Å². The standard InChI is InChI=1S/C10H10O2S/c11-10(12)8-5-7(8)6-3-1-2-4-9(6)13/h1-4,7-8,13H,5H2,(H,11,12). The zero-order valence-corrected chi connectivity index (χ0v) is 7.87. The summed E-state index contributed by atoms with van der Waals surface area (Å²) in [6.45, 7) is 0. The maximum atomic E-state index is 10.6. The van der Waals surface area contributed by atoms with Gasteiger partial charge in [0.25, 0.3) is 0 Å². The van der Waals surface area contributed by atoms with Crippen LogP contribution in [0.2, 0.25) is 0 Å². The smallest absolute Gasteiger partial charge is 0.307 e. The maximum Gasteiger partial charge on any atom is 0.307 e. The van der Waals surface area contributed by atoms with Gasteiger partial charge in [0.05, 0.1) is 5.92 Å². The van der Waals surface area contributed by atoms with E-state index in [1.165, 1.54) is 0 Å². The van der Waals surface area contributed by atoms with Crippen LogP contribution < -0.4 is 0 Å². The molecule has 0 saturated heterocycles. The second-order valence-corrected chi connectivity index (χ2v) is 3.83. The molecule has 1 aromatic carbocycles. The number of thiol groups is 1. The molecule has 0 bridgehead atoms. The minimum Gasteiger partial charge on any atom is -0.481 e. The Morgan fingerprint density at radius 1 is 1.46 bits per heavy atom. The number of aliphatic carboxylic acids is 1. The Balaban J connectivity index is 2.21. The van der Waals surface area contributed by atoms with E-state index in [4.69, 9.17) is 5.11 Å². The van der Waals surface area contributed by atoms with E-state index in [0.29, 0.717) is 0 Å². The van der Waals surface area contributed by atoms with Crippen LogP contribution in [-0.2, 0) is 4.79 Å². The predicted octanol–water partition coefficient (Wildman–Crippen LogP) is 2.16. The number of hydrogen-bond donors (Lipinski definition) is 2. The molecular formula is C10H10O2S. The first-order valence-corrected chi connectivity index (χ1v) is 4.65. The molecule has 0 spiro atoms. The number of carbonyl (C=O) groups is 1. The van der Waals surface area contributed by atoms with Gasteiger partial charge in [0.1, 0.15) is 0 Å². The van der Waals surface area contributed by atoms with Crippen molar-refractivity contribution in [3.8, 4) is 0 Å². The summed E-state index contributed by atoms with van der Waals surface area (Å²) in [6, 6.07) is 7.68. The minimum absolute atomic E-state index is 0.186. The van der Waals surface area contributed by atoms with Crippen LogP contribution in [0.15, 0.2) is 29.2 Å². The van der Waals surface area contributed by atoms with Gasteiger partial charge in [-0.3, -0.25) is 4.79 Å². The van der Waals surface area contributed by atoms with Gasteiger partial charge in [-0.15, -0.1) is 12.6 Å². The lowest BCUT2D eigenvalue weighted by Gasteiger charge is -2.01. The van der Waals surface area contributed by atoms with E-state index in [1.54, 1.807) is 0 Å². The summed E-state index contributed by atoms with van der Waals surface area (Å²) in [7, 11) is 0. The molecule has 13 heavy (non-hydrogen) atoms. The average Bonchev–Trinajstić information content (AvgIpc) is 2.84. The Kier molecular flexibility index (Phi) is 2.04. The van der Waals surface area contributed by atoms with Crippen LogP contribution in [0.1, 0.15) is 17.9 Å². The van der Waals surface area contributed by atoms with Crippen molar-refractivity contribution in [3.05, 3.63) is 29.8 Å². The van der Waals surface area contributed by atoms with Crippen LogP contribution >= 0.6 is 12.6 Å². The molecule has 2 atom stereocenters. The number of carboxylic acids is 1. The van der Waals surface area contributed by atoms with Crippen molar-refractivity contribution < 1.29 is 9.90 Å². The summed E-state index contributed by atoms with van der Waals surface area (Å²) in [4.78, 5) is 11.5. The molecule has 1 fully saturated rings. The van der Waals surface area contributed by atoms with Gasteiger partial charge in [0.15, 0.2) is 0 Å². The van der Waals surface area contributed by atoms with E-state index in [9.17, 15) is 4.79 Å². The van der Waals surface area contributed by atoms with Gasteiger partial charge in [-0.05, 0) is 24.0 Å². The predicted molar refractivity (Wildman–Crippen MR) is 52.2 cm³/mol. The molecule has 2 unspecified atom stereocenters. The van der Waals surface area contributed by atoms with Gasteiger partial charge in [-0.2, -0.15) is 0 Å². The van der Waals surface area contributed by atoms with Crippen LogP contribution in [0.4, 0.5) is 0 Å². The van der Waals surface area contributed by atoms with Crippen molar-refractivity contribution in [2.45, 2.75) is 17.2 Å². The molecule has 1 aliphatic carbocycles. The third-order valence-electron chi connectivity index (χ3n) is 2.44. The third-order valence-corrected chi connectivity index (χ3v) is 2.85. The normalized spacial score (nSPS) is 25.6. The Morgan fingerprint density at radius 2 is 2.15 bits per heavy atom. The summed E-state index contributed by atoms with van der Waals surface area (Å²) in [5.74, 6) is -0.693. The van der Waals surface area contributed by atoms with Gasteiger partial charge in [-0.25, -0.2) is 0 Å². The fourth-order valence-electron chi connectivity index (χ4n) is 1.61. The first-order valence-electron chi connectivity index (χ1n) is 4.21. The fraction of sp³-hybridized carbons (Fsp3) is 0.300. The second kappa shape index (κ2) is 3.07.